The molecule has 0 amide bonds. The van der Waals surface area contributed by atoms with E-state index in [1.807, 2.05) is 0 Å². The van der Waals surface area contributed by atoms with Crippen LogP contribution in [0.15, 0.2) is 261 Å². The van der Waals surface area contributed by atoms with E-state index >= 15 is 0 Å². The van der Waals surface area contributed by atoms with Gasteiger partial charge in [-0.15, -0.1) is 0 Å². The molecule has 0 spiro atoms. The van der Waals surface area contributed by atoms with Crippen LogP contribution in [0.1, 0.15) is 65.8 Å². The van der Waals surface area contributed by atoms with Crippen molar-refractivity contribution < 1.29 is 0 Å². The molecule has 0 bridgehead atoms. The first-order chi connectivity index (χ1) is 36.3. The van der Waals surface area contributed by atoms with Crippen LogP contribution in [-0.4, -0.2) is 4.57 Å². The van der Waals surface area contributed by atoms with Crippen LogP contribution >= 0.6 is 0 Å². The van der Waals surface area contributed by atoms with E-state index in [9.17, 15) is 0 Å². The summed E-state index contributed by atoms with van der Waals surface area (Å²) in [6.45, 7) is 0. The number of rotatable bonds is 9. The van der Waals surface area contributed by atoms with Crippen molar-refractivity contribution in [1.82, 2.24) is 4.57 Å². The van der Waals surface area contributed by atoms with Gasteiger partial charge in [0.1, 0.15) is 0 Å². The van der Waals surface area contributed by atoms with Gasteiger partial charge in [-0.25, -0.2) is 0 Å². The average Bonchev–Trinajstić information content (AvgIpc) is 3.97. The maximum atomic E-state index is 2.55. The highest BCUT2D eigenvalue weighted by Gasteiger charge is 2.46. The molecule has 12 aromatic rings. The van der Waals surface area contributed by atoms with Crippen molar-refractivity contribution in [3.8, 4) is 39.1 Å². The lowest BCUT2D eigenvalue weighted by Gasteiger charge is -2.35. The number of nitrogens with zero attached hydrogens (tertiary/aromatic N) is 2. The van der Waals surface area contributed by atoms with Crippen molar-refractivity contribution in [2.75, 3.05) is 4.90 Å². The van der Waals surface area contributed by atoms with Crippen molar-refractivity contribution in [1.29, 1.82) is 0 Å². The molecule has 2 aliphatic carbocycles. The molecule has 14 rings (SSSR count). The molecule has 2 nitrogen and oxygen atoms in total. The number of hydrogen-bond acceptors (Lipinski definition) is 1. The monoisotopic (exact) mass is 934 g/mol. The summed E-state index contributed by atoms with van der Waals surface area (Å²) >= 11 is 0. The summed E-state index contributed by atoms with van der Waals surface area (Å²) in [5.41, 5.74) is 20.4. The molecule has 0 saturated heterocycles. The summed E-state index contributed by atoms with van der Waals surface area (Å²) in [5.74, 6) is 0.552. The molecule has 1 heterocycles. The van der Waals surface area contributed by atoms with Crippen LogP contribution in [0.25, 0.3) is 71.6 Å². The second kappa shape index (κ2) is 17.8. The fourth-order valence-electron chi connectivity index (χ4n) is 13.2. The molecular formula is C71H54N2. The summed E-state index contributed by atoms with van der Waals surface area (Å²) in [4.78, 5) is 2.55. The van der Waals surface area contributed by atoms with Crippen molar-refractivity contribution in [3.05, 3.63) is 289 Å². The third-order valence-corrected chi connectivity index (χ3v) is 16.2. The minimum absolute atomic E-state index is 0.551. The first-order valence-electron chi connectivity index (χ1n) is 26.2. The Balaban J connectivity index is 1.03. The van der Waals surface area contributed by atoms with Gasteiger partial charge < -0.3 is 9.47 Å². The smallest absolute Gasteiger partial charge is 0.0714 e. The largest absolute Gasteiger partial charge is 0.310 e. The average molecular weight is 935 g/mol. The highest BCUT2D eigenvalue weighted by Crippen LogP contribution is 2.58. The Kier molecular flexibility index (Phi) is 10.5. The standard InChI is InChI=1S/C71H54N2/c1-5-23-49(24-6-1)57-38-20-25-50-26-21-40-62(69(50)57)61-36-14-17-42-66(61)72(55-34-19-27-51(47-55)58-39-22-44-68-70(58)63-37-15-18-43-67(63)73(68)54-32-11-4-12-33-54)56-45-46-60-59-35-13-16-41-64(59)71(65(60)48-56,52-28-7-2-8-29-52)53-30-9-3-10-31-53/h2-4,7-22,25-49H,1,5-6,23-24H2. The second-order valence-corrected chi connectivity index (χ2v) is 20.1. The van der Waals surface area contributed by atoms with E-state index in [0.717, 1.165) is 22.7 Å². The minimum atomic E-state index is -0.551. The highest BCUT2D eigenvalue weighted by molar-refractivity contribution is 6.16. The van der Waals surface area contributed by atoms with Gasteiger partial charge in [0.05, 0.1) is 22.1 Å². The van der Waals surface area contributed by atoms with Crippen molar-refractivity contribution in [3.63, 3.8) is 0 Å². The normalized spacial score (nSPS) is 14.1. The van der Waals surface area contributed by atoms with Crippen molar-refractivity contribution in [2.24, 2.45) is 0 Å². The topological polar surface area (TPSA) is 8.17 Å². The number of hydrogen-bond donors (Lipinski definition) is 0. The van der Waals surface area contributed by atoms with Crippen LogP contribution in [0.5, 0.6) is 0 Å². The van der Waals surface area contributed by atoms with Crippen LogP contribution in [0, 0.1) is 0 Å². The molecular weight excluding hydrogens is 881 g/mol. The zero-order valence-corrected chi connectivity index (χ0v) is 40.8. The maximum Gasteiger partial charge on any atom is 0.0714 e. The van der Waals surface area contributed by atoms with Crippen LogP contribution in [-0.2, 0) is 5.41 Å². The van der Waals surface area contributed by atoms with Crippen LogP contribution in [0.4, 0.5) is 17.1 Å². The van der Waals surface area contributed by atoms with E-state index in [-0.39, 0.29) is 0 Å². The van der Waals surface area contributed by atoms with Gasteiger partial charge in [-0.05, 0) is 140 Å². The van der Waals surface area contributed by atoms with Gasteiger partial charge in [-0.3, -0.25) is 0 Å². The third-order valence-electron chi connectivity index (χ3n) is 16.2. The molecule has 0 atom stereocenters. The fraction of sp³-hybridized carbons (Fsp3) is 0.0986. The van der Waals surface area contributed by atoms with Crippen LogP contribution in [0.2, 0.25) is 0 Å². The summed E-state index contributed by atoms with van der Waals surface area (Å²) in [5, 5.41) is 5.18. The first-order valence-corrected chi connectivity index (χ1v) is 26.2. The highest BCUT2D eigenvalue weighted by atomic mass is 15.1. The summed E-state index contributed by atoms with van der Waals surface area (Å²) < 4.78 is 2.42. The minimum Gasteiger partial charge on any atom is -0.310 e. The molecule has 0 radical (unpaired) electrons. The lowest BCUT2D eigenvalue weighted by Crippen LogP contribution is -2.28. The van der Waals surface area contributed by atoms with Gasteiger partial charge >= 0.3 is 0 Å². The van der Waals surface area contributed by atoms with E-state index in [4.69, 9.17) is 0 Å². The molecule has 2 aliphatic rings. The molecule has 2 heteroatoms. The van der Waals surface area contributed by atoms with E-state index in [1.54, 1.807) is 0 Å². The molecule has 0 unspecified atom stereocenters. The lowest BCUT2D eigenvalue weighted by atomic mass is 9.67. The molecule has 73 heavy (non-hydrogen) atoms. The number of aromatic nitrogens is 1. The molecule has 0 N–H and O–H groups in total. The summed E-state index contributed by atoms with van der Waals surface area (Å²) in [6, 6.07) is 97.6. The zero-order valence-electron chi connectivity index (χ0n) is 40.8. The summed E-state index contributed by atoms with van der Waals surface area (Å²) in [7, 11) is 0. The van der Waals surface area contributed by atoms with Gasteiger partial charge in [0.2, 0.25) is 0 Å². The van der Waals surface area contributed by atoms with E-state index in [0.29, 0.717) is 5.92 Å². The Morgan fingerprint density at radius 1 is 0.384 bits per heavy atom. The van der Waals surface area contributed by atoms with E-state index in [2.05, 4.69) is 270 Å². The predicted octanol–water partition coefficient (Wildman–Crippen LogP) is 19.2. The number of benzene rings is 11. The summed E-state index contributed by atoms with van der Waals surface area (Å²) in [6.07, 6.45) is 6.40. The molecule has 1 aromatic heterocycles. The van der Waals surface area contributed by atoms with Crippen LogP contribution < -0.4 is 4.90 Å². The van der Waals surface area contributed by atoms with Gasteiger partial charge in [0, 0.05) is 33.4 Å². The van der Waals surface area contributed by atoms with Crippen LogP contribution in [0.3, 0.4) is 0 Å². The van der Waals surface area contributed by atoms with Crippen molar-refractivity contribution >= 4 is 49.6 Å². The SMILES string of the molecule is c1ccc(-n2c3ccccc3c3c(-c4cccc(N(c5ccc6c(c5)C(c5ccccc5)(c5ccccc5)c5ccccc5-6)c5ccccc5-c5cccc6cccc(C7CCCCC7)c56)c4)cccc32)cc1. The zero-order chi connectivity index (χ0) is 48.3. The Bertz CT molecular complexity index is 3970. The van der Waals surface area contributed by atoms with E-state index in [1.165, 1.54) is 126 Å². The van der Waals surface area contributed by atoms with Gasteiger partial charge in [-0.2, -0.15) is 0 Å². The molecule has 1 saturated carbocycles. The predicted molar refractivity (Wildman–Crippen MR) is 307 cm³/mol. The first kappa shape index (κ1) is 43.1. The van der Waals surface area contributed by atoms with Gasteiger partial charge in [0.25, 0.3) is 0 Å². The Hall–Kier alpha value is -8.72. The maximum absolute atomic E-state index is 2.55. The van der Waals surface area contributed by atoms with Gasteiger partial charge in [-0.1, -0.05) is 226 Å². The molecule has 1 fully saturated rings. The Morgan fingerprint density at radius 2 is 0.973 bits per heavy atom. The Morgan fingerprint density at radius 3 is 1.77 bits per heavy atom. The second-order valence-electron chi connectivity index (χ2n) is 20.1. The Labute approximate surface area is 428 Å². The number of anilines is 3. The molecule has 11 aromatic carbocycles. The van der Waals surface area contributed by atoms with E-state index < -0.39 is 5.41 Å². The van der Waals surface area contributed by atoms with Crippen molar-refractivity contribution in [2.45, 2.75) is 43.4 Å². The number of para-hydroxylation sites is 3. The lowest BCUT2D eigenvalue weighted by molar-refractivity contribution is 0.445. The molecule has 0 aliphatic heterocycles. The van der Waals surface area contributed by atoms with Gasteiger partial charge in [0.15, 0.2) is 0 Å². The fourth-order valence-corrected chi connectivity index (χ4v) is 13.2. The quantitative estimate of drug-likeness (QED) is 0.140. The number of fused-ring (bicyclic) bond motifs is 7. The molecule has 348 valence electrons. The third kappa shape index (κ3) is 6.92.